The standard InChI is InChI=1S/C20H20Cl2N2O3/c21-17-9-8-14(11-18(17)22)13-27-19(25)15-5-4-10-24(12-15)20(26)23-16-6-2-1-3-7-16/h1-3,6-9,11,15H,4-5,10,12-13H2,(H,23,26). The first-order valence-corrected chi connectivity index (χ1v) is 9.50. The van der Waals surface area contributed by atoms with Crippen LogP contribution in [0.15, 0.2) is 48.5 Å². The first-order chi connectivity index (χ1) is 13.0. The van der Waals surface area contributed by atoms with Gasteiger partial charge in [0, 0.05) is 18.8 Å². The van der Waals surface area contributed by atoms with Gasteiger partial charge in [-0.2, -0.15) is 0 Å². The zero-order chi connectivity index (χ0) is 19.2. The van der Waals surface area contributed by atoms with Gasteiger partial charge in [-0.25, -0.2) is 4.79 Å². The summed E-state index contributed by atoms with van der Waals surface area (Å²) in [6.45, 7) is 1.09. The van der Waals surface area contributed by atoms with E-state index in [0.29, 0.717) is 29.6 Å². The quantitative estimate of drug-likeness (QED) is 0.728. The van der Waals surface area contributed by atoms with E-state index >= 15 is 0 Å². The number of benzene rings is 2. The number of para-hydroxylation sites is 1. The molecule has 3 rings (SSSR count). The number of piperidine rings is 1. The maximum Gasteiger partial charge on any atom is 0.321 e. The van der Waals surface area contributed by atoms with Crippen molar-refractivity contribution in [3.8, 4) is 0 Å². The fourth-order valence-electron chi connectivity index (χ4n) is 2.98. The van der Waals surface area contributed by atoms with Crippen LogP contribution in [0, 0.1) is 5.92 Å². The van der Waals surface area contributed by atoms with Gasteiger partial charge >= 0.3 is 12.0 Å². The zero-order valence-corrected chi connectivity index (χ0v) is 16.2. The Balaban J connectivity index is 1.52. The van der Waals surface area contributed by atoms with Crippen LogP contribution in [0.4, 0.5) is 10.5 Å². The van der Waals surface area contributed by atoms with Gasteiger partial charge in [-0.3, -0.25) is 4.79 Å². The fraction of sp³-hybridized carbons (Fsp3) is 0.300. The van der Waals surface area contributed by atoms with Gasteiger partial charge in [-0.1, -0.05) is 47.5 Å². The van der Waals surface area contributed by atoms with Crippen molar-refractivity contribution >= 4 is 40.9 Å². The largest absolute Gasteiger partial charge is 0.461 e. The summed E-state index contributed by atoms with van der Waals surface area (Å²) >= 11 is 11.9. The van der Waals surface area contributed by atoms with Gasteiger partial charge in [0.05, 0.1) is 16.0 Å². The highest BCUT2D eigenvalue weighted by Crippen LogP contribution is 2.24. The molecule has 1 aliphatic heterocycles. The van der Waals surface area contributed by atoms with E-state index in [9.17, 15) is 9.59 Å². The molecule has 0 aromatic heterocycles. The number of esters is 1. The maximum absolute atomic E-state index is 12.4. The summed E-state index contributed by atoms with van der Waals surface area (Å²) in [5.74, 6) is -0.638. The molecule has 0 aliphatic carbocycles. The molecule has 7 heteroatoms. The van der Waals surface area contributed by atoms with Crippen LogP contribution in [0.3, 0.4) is 0 Å². The van der Waals surface area contributed by atoms with Crippen molar-refractivity contribution in [3.05, 3.63) is 64.1 Å². The van der Waals surface area contributed by atoms with E-state index in [2.05, 4.69) is 5.32 Å². The second-order valence-electron chi connectivity index (χ2n) is 6.44. The van der Waals surface area contributed by atoms with Crippen LogP contribution in [0.5, 0.6) is 0 Å². The van der Waals surface area contributed by atoms with Crippen LogP contribution >= 0.6 is 23.2 Å². The van der Waals surface area contributed by atoms with Gasteiger partial charge in [0.1, 0.15) is 6.61 Å². The summed E-state index contributed by atoms with van der Waals surface area (Å²) in [7, 11) is 0. The molecule has 1 fully saturated rings. The van der Waals surface area contributed by atoms with E-state index in [-0.39, 0.29) is 24.5 Å². The zero-order valence-electron chi connectivity index (χ0n) is 14.7. The molecule has 1 heterocycles. The van der Waals surface area contributed by atoms with Gasteiger partial charge in [-0.15, -0.1) is 0 Å². The van der Waals surface area contributed by atoms with Crippen LogP contribution in [0.1, 0.15) is 18.4 Å². The van der Waals surface area contributed by atoms with Crippen molar-refractivity contribution in [1.82, 2.24) is 4.90 Å². The van der Waals surface area contributed by atoms with Gasteiger partial charge in [0.25, 0.3) is 0 Å². The molecule has 1 unspecified atom stereocenters. The molecule has 0 radical (unpaired) electrons. The minimum Gasteiger partial charge on any atom is -0.461 e. The van der Waals surface area contributed by atoms with E-state index < -0.39 is 0 Å². The van der Waals surface area contributed by atoms with Gasteiger partial charge in [0.15, 0.2) is 0 Å². The summed E-state index contributed by atoms with van der Waals surface area (Å²) < 4.78 is 5.41. The highest BCUT2D eigenvalue weighted by atomic mass is 35.5. The van der Waals surface area contributed by atoms with Gasteiger partial charge in [-0.05, 0) is 42.7 Å². The first kappa shape index (κ1) is 19.5. The van der Waals surface area contributed by atoms with Crippen LogP contribution in [0.2, 0.25) is 10.0 Å². The monoisotopic (exact) mass is 406 g/mol. The van der Waals surface area contributed by atoms with Gasteiger partial charge < -0.3 is 15.0 Å². The second kappa shape index (κ2) is 9.11. The number of ether oxygens (including phenoxy) is 1. The lowest BCUT2D eigenvalue weighted by Crippen LogP contribution is -2.44. The summed E-state index contributed by atoms with van der Waals surface area (Å²) in [6, 6.07) is 14.2. The number of carbonyl (C=O) groups excluding carboxylic acids is 2. The molecule has 0 saturated carbocycles. The highest BCUT2D eigenvalue weighted by molar-refractivity contribution is 6.42. The number of amides is 2. The summed E-state index contributed by atoms with van der Waals surface area (Å²) in [6.07, 6.45) is 1.46. The third-order valence-electron chi connectivity index (χ3n) is 4.43. The Morgan fingerprint density at radius 3 is 2.63 bits per heavy atom. The van der Waals surface area contributed by atoms with E-state index in [4.69, 9.17) is 27.9 Å². The predicted octanol–water partition coefficient (Wildman–Crippen LogP) is 4.98. The average Bonchev–Trinajstić information content (AvgIpc) is 2.69. The van der Waals surface area contributed by atoms with Crippen LogP contribution in [-0.2, 0) is 16.1 Å². The molecule has 0 spiro atoms. The van der Waals surface area contributed by atoms with Crippen molar-refractivity contribution in [2.75, 3.05) is 18.4 Å². The molecule has 2 amide bonds. The summed E-state index contributed by atoms with van der Waals surface area (Å²) in [5.41, 5.74) is 1.50. The first-order valence-electron chi connectivity index (χ1n) is 8.74. The maximum atomic E-state index is 12.4. The average molecular weight is 407 g/mol. The van der Waals surface area contributed by atoms with Crippen molar-refractivity contribution < 1.29 is 14.3 Å². The minimum atomic E-state index is -0.331. The Hall–Kier alpha value is -2.24. The van der Waals surface area contributed by atoms with E-state index in [1.54, 1.807) is 23.1 Å². The molecule has 1 N–H and O–H groups in total. The molecule has 1 saturated heterocycles. The molecule has 5 nitrogen and oxygen atoms in total. The van der Waals surface area contributed by atoms with E-state index in [1.165, 1.54) is 0 Å². The molecule has 2 aromatic rings. The fourth-order valence-corrected chi connectivity index (χ4v) is 3.30. The Labute approximate surface area is 168 Å². The summed E-state index contributed by atoms with van der Waals surface area (Å²) in [5, 5.41) is 3.73. The van der Waals surface area contributed by atoms with E-state index in [1.807, 2.05) is 30.3 Å². The van der Waals surface area contributed by atoms with Crippen molar-refractivity contribution in [2.45, 2.75) is 19.4 Å². The third-order valence-corrected chi connectivity index (χ3v) is 5.17. The van der Waals surface area contributed by atoms with Crippen LogP contribution in [-0.4, -0.2) is 30.0 Å². The third kappa shape index (κ3) is 5.37. The number of anilines is 1. The lowest BCUT2D eigenvalue weighted by Gasteiger charge is -2.31. The molecular formula is C20H20Cl2N2O3. The lowest BCUT2D eigenvalue weighted by molar-refractivity contribution is -0.151. The second-order valence-corrected chi connectivity index (χ2v) is 7.25. The Morgan fingerprint density at radius 2 is 1.89 bits per heavy atom. The molecule has 142 valence electrons. The van der Waals surface area contributed by atoms with Crippen molar-refractivity contribution in [3.63, 3.8) is 0 Å². The Morgan fingerprint density at radius 1 is 1.11 bits per heavy atom. The molecular weight excluding hydrogens is 387 g/mol. The molecule has 27 heavy (non-hydrogen) atoms. The number of nitrogens with one attached hydrogen (secondary N) is 1. The topological polar surface area (TPSA) is 58.6 Å². The molecule has 1 aliphatic rings. The number of nitrogens with zero attached hydrogens (tertiary/aromatic N) is 1. The van der Waals surface area contributed by atoms with Crippen molar-refractivity contribution in [2.24, 2.45) is 5.92 Å². The molecule has 0 bridgehead atoms. The number of hydrogen-bond acceptors (Lipinski definition) is 3. The number of urea groups is 1. The van der Waals surface area contributed by atoms with Crippen molar-refractivity contribution in [1.29, 1.82) is 0 Å². The van der Waals surface area contributed by atoms with Crippen LogP contribution < -0.4 is 5.32 Å². The minimum absolute atomic E-state index is 0.127. The van der Waals surface area contributed by atoms with E-state index in [0.717, 1.165) is 17.7 Å². The number of rotatable bonds is 4. The smallest absolute Gasteiger partial charge is 0.321 e. The predicted molar refractivity (Wildman–Crippen MR) is 106 cm³/mol. The SMILES string of the molecule is O=C(OCc1ccc(Cl)c(Cl)c1)C1CCCN(C(=O)Nc2ccccc2)C1. The Kier molecular flexibility index (Phi) is 6.58. The molecule has 1 atom stereocenters. The number of hydrogen-bond donors (Lipinski definition) is 1. The van der Waals surface area contributed by atoms with Crippen LogP contribution in [0.25, 0.3) is 0 Å². The number of carbonyl (C=O) groups is 2. The van der Waals surface area contributed by atoms with Gasteiger partial charge in [0.2, 0.25) is 0 Å². The molecule has 2 aromatic carbocycles. The lowest BCUT2D eigenvalue weighted by atomic mass is 9.98. The number of likely N-dealkylation sites (tertiary alicyclic amines) is 1. The highest BCUT2D eigenvalue weighted by Gasteiger charge is 2.29. The summed E-state index contributed by atoms with van der Waals surface area (Å²) in [4.78, 5) is 26.5. The Bertz CT molecular complexity index is 814. The normalized spacial score (nSPS) is 16.7. The number of halogens is 2.